The molecule has 1 atom stereocenters. The van der Waals surface area contributed by atoms with Crippen LogP contribution in [0.5, 0.6) is 0 Å². The first-order valence-corrected chi connectivity index (χ1v) is 6.41. The van der Waals surface area contributed by atoms with Crippen LogP contribution in [0.3, 0.4) is 0 Å². The van der Waals surface area contributed by atoms with Crippen molar-refractivity contribution in [2.75, 3.05) is 13.1 Å². The summed E-state index contributed by atoms with van der Waals surface area (Å²) >= 11 is 0. The second kappa shape index (κ2) is 7.72. The van der Waals surface area contributed by atoms with Crippen LogP contribution in [0.4, 0.5) is 0 Å². The zero-order valence-corrected chi connectivity index (χ0v) is 11.0. The molecule has 2 heteroatoms. The molecule has 2 nitrogen and oxygen atoms in total. The number of likely N-dealkylation sites (tertiary alicyclic amines) is 1. The van der Waals surface area contributed by atoms with Gasteiger partial charge in [0.25, 0.3) is 0 Å². The molecular formula is C13H27NO. The molecule has 0 radical (unpaired) electrons. The van der Waals surface area contributed by atoms with E-state index in [0.29, 0.717) is 12.3 Å². The molecule has 90 valence electrons. The highest BCUT2D eigenvalue weighted by molar-refractivity contribution is 5.76. The average molecular weight is 213 g/mol. The Morgan fingerprint density at radius 1 is 1.40 bits per heavy atom. The number of nitrogens with zero attached hydrogens (tertiary/aromatic N) is 1. The van der Waals surface area contributed by atoms with Gasteiger partial charge >= 0.3 is 0 Å². The van der Waals surface area contributed by atoms with Crippen molar-refractivity contribution in [3.63, 3.8) is 0 Å². The van der Waals surface area contributed by atoms with Gasteiger partial charge in [-0.1, -0.05) is 34.6 Å². The Hall–Kier alpha value is -0.530. The van der Waals surface area contributed by atoms with Gasteiger partial charge in [-0.2, -0.15) is 0 Å². The van der Waals surface area contributed by atoms with Crippen LogP contribution in [0.2, 0.25) is 0 Å². The number of amides is 1. The zero-order valence-electron chi connectivity index (χ0n) is 11.0. The van der Waals surface area contributed by atoms with E-state index in [4.69, 9.17) is 0 Å². The SMILES string of the molecule is CC.CCC(=O)N1CCC(CC(C)C)C1. The first kappa shape index (κ1) is 14.5. The van der Waals surface area contributed by atoms with Crippen LogP contribution in [0.1, 0.15) is 53.9 Å². The summed E-state index contributed by atoms with van der Waals surface area (Å²) in [4.78, 5) is 13.4. The van der Waals surface area contributed by atoms with Crippen molar-refractivity contribution >= 4 is 5.91 Å². The summed E-state index contributed by atoms with van der Waals surface area (Å²) < 4.78 is 0. The van der Waals surface area contributed by atoms with E-state index in [1.54, 1.807) is 0 Å². The maximum atomic E-state index is 11.4. The molecular weight excluding hydrogens is 186 g/mol. The molecule has 1 amide bonds. The van der Waals surface area contributed by atoms with Crippen LogP contribution in [0.25, 0.3) is 0 Å². The van der Waals surface area contributed by atoms with Crippen LogP contribution < -0.4 is 0 Å². The standard InChI is InChI=1S/C11H21NO.C2H6/c1-4-11(13)12-6-5-10(8-12)7-9(2)3;1-2/h9-10H,4-8H2,1-3H3;1-2H3. The van der Waals surface area contributed by atoms with Gasteiger partial charge < -0.3 is 4.90 Å². The maximum Gasteiger partial charge on any atom is 0.222 e. The van der Waals surface area contributed by atoms with E-state index in [1.165, 1.54) is 12.8 Å². The van der Waals surface area contributed by atoms with Crippen molar-refractivity contribution in [3.8, 4) is 0 Å². The Labute approximate surface area is 95.0 Å². The van der Waals surface area contributed by atoms with E-state index in [2.05, 4.69) is 13.8 Å². The lowest BCUT2D eigenvalue weighted by Crippen LogP contribution is -2.27. The van der Waals surface area contributed by atoms with E-state index < -0.39 is 0 Å². The molecule has 1 unspecified atom stereocenters. The predicted molar refractivity (Wildman–Crippen MR) is 65.8 cm³/mol. The van der Waals surface area contributed by atoms with Crippen molar-refractivity contribution in [2.24, 2.45) is 11.8 Å². The highest BCUT2D eigenvalue weighted by atomic mass is 16.2. The summed E-state index contributed by atoms with van der Waals surface area (Å²) in [7, 11) is 0. The second-order valence-electron chi connectivity index (χ2n) is 4.48. The lowest BCUT2D eigenvalue weighted by atomic mass is 9.97. The molecule has 1 aliphatic rings. The number of carbonyl (C=O) groups is 1. The fourth-order valence-electron chi connectivity index (χ4n) is 2.14. The molecule has 0 spiro atoms. The molecule has 0 bridgehead atoms. The fourth-order valence-corrected chi connectivity index (χ4v) is 2.14. The molecule has 1 saturated heterocycles. The number of rotatable bonds is 3. The van der Waals surface area contributed by atoms with Crippen molar-refractivity contribution in [2.45, 2.75) is 53.9 Å². The second-order valence-corrected chi connectivity index (χ2v) is 4.48. The molecule has 0 aliphatic carbocycles. The highest BCUT2D eigenvalue weighted by Gasteiger charge is 2.25. The van der Waals surface area contributed by atoms with Crippen LogP contribution in [0.15, 0.2) is 0 Å². The van der Waals surface area contributed by atoms with Gasteiger partial charge in [0.1, 0.15) is 0 Å². The number of hydrogen-bond donors (Lipinski definition) is 0. The Morgan fingerprint density at radius 3 is 2.47 bits per heavy atom. The summed E-state index contributed by atoms with van der Waals surface area (Å²) in [6, 6.07) is 0. The van der Waals surface area contributed by atoms with Crippen molar-refractivity contribution < 1.29 is 4.79 Å². The lowest BCUT2D eigenvalue weighted by Gasteiger charge is -2.16. The largest absolute Gasteiger partial charge is 0.342 e. The van der Waals surface area contributed by atoms with Crippen LogP contribution >= 0.6 is 0 Å². The van der Waals surface area contributed by atoms with Gasteiger partial charge in [0.05, 0.1) is 0 Å². The predicted octanol–water partition coefficient (Wildman–Crippen LogP) is 3.32. The normalized spacial score (nSPS) is 20.1. The fraction of sp³-hybridized carbons (Fsp3) is 0.923. The third kappa shape index (κ3) is 5.19. The van der Waals surface area contributed by atoms with Crippen LogP contribution in [-0.4, -0.2) is 23.9 Å². The van der Waals surface area contributed by atoms with Gasteiger partial charge in [-0.05, 0) is 24.7 Å². The van der Waals surface area contributed by atoms with Crippen molar-refractivity contribution in [3.05, 3.63) is 0 Å². The van der Waals surface area contributed by atoms with Crippen LogP contribution in [-0.2, 0) is 4.79 Å². The van der Waals surface area contributed by atoms with Gasteiger partial charge in [0.2, 0.25) is 5.91 Å². The zero-order chi connectivity index (χ0) is 11.8. The molecule has 0 aromatic heterocycles. The van der Waals surface area contributed by atoms with Gasteiger partial charge in [-0.3, -0.25) is 4.79 Å². The quantitative estimate of drug-likeness (QED) is 0.704. The molecule has 0 aromatic rings. The smallest absolute Gasteiger partial charge is 0.222 e. The minimum Gasteiger partial charge on any atom is -0.342 e. The molecule has 1 rings (SSSR count). The van der Waals surface area contributed by atoms with E-state index >= 15 is 0 Å². The summed E-state index contributed by atoms with van der Waals surface area (Å²) in [6.07, 6.45) is 3.14. The lowest BCUT2D eigenvalue weighted by molar-refractivity contribution is -0.129. The monoisotopic (exact) mass is 213 g/mol. The number of hydrogen-bond acceptors (Lipinski definition) is 1. The minimum absolute atomic E-state index is 0.325. The van der Waals surface area contributed by atoms with Gasteiger partial charge in [0.15, 0.2) is 0 Å². The number of carbonyl (C=O) groups excluding carboxylic acids is 1. The topological polar surface area (TPSA) is 20.3 Å². The molecule has 0 N–H and O–H groups in total. The summed E-state index contributed by atoms with van der Waals surface area (Å²) in [5.41, 5.74) is 0. The van der Waals surface area contributed by atoms with Crippen molar-refractivity contribution in [1.82, 2.24) is 4.90 Å². The van der Waals surface area contributed by atoms with E-state index in [9.17, 15) is 4.79 Å². The van der Waals surface area contributed by atoms with Gasteiger partial charge in [-0.25, -0.2) is 0 Å². The molecule has 1 fully saturated rings. The van der Waals surface area contributed by atoms with Gasteiger partial charge in [-0.15, -0.1) is 0 Å². The summed E-state index contributed by atoms with van der Waals surface area (Å²) in [6.45, 7) is 12.4. The van der Waals surface area contributed by atoms with E-state index in [1.807, 2.05) is 25.7 Å². The third-order valence-electron chi connectivity index (χ3n) is 2.75. The molecule has 0 aromatic carbocycles. The third-order valence-corrected chi connectivity index (χ3v) is 2.75. The Balaban J connectivity index is 0.000000921. The minimum atomic E-state index is 0.325. The van der Waals surface area contributed by atoms with Gasteiger partial charge in [0, 0.05) is 19.5 Å². The Bertz CT molecular complexity index is 177. The van der Waals surface area contributed by atoms with Crippen LogP contribution in [0, 0.1) is 11.8 Å². The van der Waals surface area contributed by atoms with E-state index in [0.717, 1.165) is 24.9 Å². The molecule has 1 heterocycles. The molecule has 1 aliphatic heterocycles. The summed E-state index contributed by atoms with van der Waals surface area (Å²) in [5, 5.41) is 0. The Morgan fingerprint density at radius 2 is 2.00 bits per heavy atom. The average Bonchev–Trinajstić information content (AvgIpc) is 2.67. The first-order chi connectivity index (χ1) is 7.13. The van der Waals surface area contributed by atoms with E-state index in [-0.39, 0.29) is 0 Å². The summed E-state index contributed by atoms with van der Waals surface area (Å²) in [5.74, 6) is 1.85. The highest BCUT2D eigenvalue weighted by Crippen LogP contribution is 2.23. The first-order valence-electron chi connectivity index (χ1n) is 6.41. The van der Waals surface area contributed by atoms with Crippen molar-refractivity contribution in [1.29, 1.82) is 0 Å². The Kier molecular flexibility index (Phi) is 7.45. The molecule has 0 saturated carbocycles. The molecule has 15 heavy (non-hydrogen) atoms. The maximum absolute atomic E-state index is 11.4.